The number of likely N-dealkylation sites (tertiary alicyclic amines) is 1. The summed E-state index contributed by atoms with van der Waals surface area (Å²) in [6.45, 7) is 1.43. The van der Waals surface area contributed by atoms with Crippen LogP contribution in [-0.4, -0.2) is 39.8 Å². The lowest BCUT2D eigenvalue weighted by atomic mass is 10.2. The molecule has 9 heteroatoms. The molecule has 4 rings (SSSR count). The third kappa shape index (κ3) is 3.98. The van der Waals surface area contributed by atoms with Crippen molar-refractivity contribution in [2.24, 2.45) is 7.05 Å². The van der Waals surface area contributed by atoms with Crippen LogP contribution in [0.15, 0.2) is 42.7 Å². The number of hydrogen-bond acceptors (Lipinski definition) is 4. The molecule has 1 aromatic carbocycles. The van der Waals surface area contributed by atoms with Crippen molar-refractivity contribution in [2.45, 2.75) is 19.2 Å². The van der Waals surface area contributed by atoms with E-state index in [-0.39, 0.29) is 23.3 Å². The minimum atomic E-state index is -4.79. The zero-order valence-electron chi connectivity index (χ0n) is 15.6. The molecular weight excluding hydrogens is 387 g/mol. The van der Waals surface area contributed by atoms with Crippen LogP contribution in [0.1, 0.15) is 23.2 Å². The maximum absolute atomic E-state index is 12.9. The summed E-state index contributed by atoms with van der Waals surface area (Å²) in [5, 5.41) is 0.597. The van der Waals surface area contributed by atoms with E-state index < -0.39 is 6.36 Å². The Morgan fingerprint density at radius 2 is 1.86 bits per heavy atom. The standard InChI is InChI=1S/C20H18F3N3O3/c1-25-10-7-15-17(25)16(19(27)26-8-2-3-9-26)12-24-18(15)28-13-5-4-6-14(11-13)29-20(21,22)23/h4-7,10-12H,2-3,8-9H2,1H3. The topological polar surface area (TPSA) is 56.6 Å². The first kappa shape index (κ1) is 19.1. The lowest BCUT2D eigenvalue weighted by molar-refractivity contribution is -0.274. The molecule has 0 aliphatic carbocycles. The molecule has 1 fully saturated rings. The van der Waals surface area contributed by atoms with Gasteiger partial charge in [0.05, 0.1) is 16.5 Å². The first-order valence-electron chi connectivity index (χ1n) is 9.09. The van der Waals surface area contributed by atoms with E-state index in [9.17, 15) is 18.0 Å². The van der Waals surface area contributed by atoms with Gasteiger partial charge in [-0.3, -0.25) is 4.79 Å². The zero-order chi connectivity index (χ0) is 20.6. The molecule has 152 valence electrons. The highest BCUT2D eigenvalue weighted by molar-refractivity contribution is 6.06. The van der Waals surface area contributed by atoms with E-state index in [1.807, 2.05) is 7.05 Å². The first-order chi connectivity index (χ1) is 13.8. The molecule has 0 radical (unpaired) electrons. The van der Waals surface area contributed by atoms with Crippen LogP contribution in [0.5, 0.6) is 17.4 Å². The fraction of sp³-hybridized carbons (Fsp3) is 0.300. The number of hydrogen-bond donors (Lipinski definition) is 0. The minimum absolute atomic E-state index is 0.0890. The van der Waals surface area contributed by atoms with Gasteiger partial charge < -0.3 is 18.9 Å². The number of benzene rings is 1. The predicted molar refractivity (Wildman–Crippen MR) is 99.1 cm³/mol. The number of rotatable bonds is 4. The summed E-state index contributed by atoms with van der Waals surface area (Å²) in [5.74, 6) is -0.139. The van der Waals surface area contributed by atoms with Crippen LogP contribution in [0.3, 0.4) is 0 Å². The summed E-state index contributed by atoms with van der Waals surface area (Å²) in [6.07, 6.45) is 0.401. The Labute approximate surface area is 164 Å². The molecule has 3 heterocycles. The van der Waals surface area contributed by atoms with Crippen LogP contribution in [0.2, 0.25) is 0 Å². The van der Waals surface area contributed by atoms with Crippen molar-refractivity contribution in [3.63, 3.8) is 0 Å². The second kappa shape index (κ2) is 7.31. The third-order valence-electron chi connectivity index (χ3n) is 4.75. The van der Waals surface area contributed by atoms with Crippen molar-refractivity contribution >= 4 is 16.8 Å². The van der Waals surface area contributed by atoms with E-state index in [4.69, 9.17) is 4.74 Å². The molecule has 0 unspecified atom stereocenters. The van der Waals surface area contributed by atoms with Gasteiger partial charge in [-0.25, -0.2) is 4.98 Å². The molecule has 6 nitrogen and oxygen atoms in total. The summed E-state index contributed by atoms with van der Waals surface area (Å²) in [5.41, 5.74) is 1.13. The predicted octanol–water partition coefficient (Wildman–Crippen LogP) is 4.50. The normalized spacial score (nSPS) is 14.4. The number of aromatic nitrogens is 2. The summed E-state index contributed by atoms with van der Waals surface area (Å²) in [6, 6.07) is 6.97. The van der Waals surface area contributed by atoms with Crippen LogP contribution in [0.25, 0.3) is 10.9 Å². The number of amides is 1. The quantitative estimate of drug-likeness (QED) is 0.641. The van der Waals surface area contributed by atoms with E-state index in [1.165, 1.54) is 24.4 Å². The summed E-state index contributed by atoms with van der Waals surface area (Å²) < 4.78 is 48.8. The summed E-state index contributed by atoms with van der Waals surface area (Å²) in [4.78, 5) is 18.9. The smallest absolute Gasteiger partial charge is 0.438 e. The van der Waals surface area contributed by atoms with Crippen molar-refractivity contribution in [3.8, 4) is 17.4 Å². The number of pyridine rings is 1. The van der Waals surface area contributed by atoms with E-state index in [1.54, 1.807) is 21.7 Å². The number of carbonyl (C=O) groups excluding carboxylic acids is 1. The number of ether oxygens (including phenoxy) is 2. The van der Waals surface area contributed by atoms with E-state index in [2.05, 4.69) is 9.72 Å². The second-order valence-electron chi connectivity index (χ2n) is 6.79. The van der Waals surface area contributed by atoms with Crippen LogP contribution in [0.4, 0.5) is 13.2 Å². The molecular formula is C20H18F3N3O3. The van der Waals surface area contributed by atoms with Crippen molar-refractivity contribution in [2.75, 3.05) is 13.1 Å². The van der Waals surface area contributed by atoms with Gasteiger partial charge in [0, 0.05) is 38.6 Å². The highest BCUT2D eigenvalue weighted by Gasteiger charge is 2.31. The van der Waals surface area contributed by atoms with Gasteiger partial charge in [-0.1, -0.05) is 6.07 Å². The Kier molecular flexibility index (Phi) is 4.81. The van der Waals surface area contributed by atoms with E-state index in [0.29, 0.717) is 16.5 Å². The fourth-order valence-electron chi connectivity index (χ4n) is 3.47. The number of nitrogens with zero attached hydrogens (tertiary/aromatic N) is 3. The number of halogens is 3. The Bertz CT molecular complexity index is 1060. The Hall–Kier alpha value is -3.23. The van der Waals surface area contributed by atoms with Gasteiger partial charge in [-0.15, -0.1) is 13.2 Å². The van der Waals surface area contributed by atoms with Crippen molar-refractivity contribution < 1.29 is 27.4 Å². The molecule has 2 aromatic heterocycles. The second-order valence-corrected chi connectivity index (χ2v) is 6.79. The Morgan fingerprint density at radius 1 is 1.14 bits per heavy atom. The molecule has 0 atom stereocenters. The van der Waals surface area contributed by atoms with Crippen LogP contribution < -0.4 is 9.47 Å². The molecule has 3 aromatic rings. The fourth-order valence-corrected chi connectivity index (χ4v) is 3.47. The Balaban J connectivity index is 1.67. The maximum Gasteiger partial charge on any atom is 0.573 e. The van der Waals surface area contributed by atoms with Crippen molar-refractivity contribution in [1.82, 2.24) is 14.5 Å². The maximum atomic E-state index is 12.9. The minimum Gasteiger partial charge on any atom is -0.438 e. The molecule has 0 saturated carbocycles. The Morgan fingerprint density at radius 3 is 2.59 bits per heavy atom. The molecule has 0 spiro atoms. The number of fused-ring (bicyclic) bond motifs is 1. The lowest BCUT2D eigenvalue weighted by Gasteiger charge is -2.17. The largest absolute Gasteiger partial charge is 0.573 e. The number of aryl methyl sites for hydroxylation is 1. The lowest BCUT2D eigenvalue weighted by Crippen LogP contribution is -2.28. The SMILES string of the molecule is Cn1ccc2c(Oc3cccc(OC(F)(F)F)c3)ncc(C(=O)N3CCCC3)c21. The van der Waals surface area contributed by atoms with Gasteiger partial charge in [-0.05, 0) is 31.0 Å². The van der Waals surface area contributed by atoms with Gasteiger partial charge in [0.2, 0.25) is 5.88 Å². The monoisotopic (exact) mass is 405 g/mol. The zero-order valence-corrected chi connectivity index (χ0v) is 15.6. The van der Waals surface area contributed by atoms with Gasteiger partial charge in [0.25, 0.3) is 5.91 Å². The molecule has 0 N–H and O–H groups in total. The molecule has 1 amide bonds. The molecule has 1 aliphatic rings. The van der Waals surface area contributed by atoms with Crippen LogP contribution in [0, 0.1) is 0 Å². The first-order valence-corrected chi connectivity index (χ1v) is 9.09. The van der Waals surface area contributed by atoms with Crippen LogP contribution >= 0.6 is 0 Å². The van der Waals surface area contributed by atoms with E-state index >= 15 is 0 Å². The number of carbonyl (C=O) groups is 1. The highest BCUT2D eigenvalue weighted by Crippen LogP contribution is 2.33. The molecule has 29 heavy (non-hydrogen) atoms. The van der Waals surface area contributed by atoms with Crippen molar-refractivity contribution in [3.05, 3.63) is 48.3 Å². The molecule has 0 bridgehead atoms. The van der Waals surface area contributed by atoms with Gasteiger partial charge in [0.15, 0.2) is 0 Å². The van der Waals surface area contributed by atoms with Gasteiger partial charge in [0.1, 0.15) is 11.5 Å². The van der Waals surface area contributed by atoms with Crippen molar-refractivity contribution in [1.29, 1.82) is 0 Å². The molecule has 1 aliphatic heterocycles. The third-order valence-corrected chi connectivity index (χ3v) is 4.75. The van der Waals surface area contributed by atoms with Gasteiger partial charge >= 0.3 is 6.36 Å². The average Bonchev–Trinajstić information content (AvgIpc) is 3.31. The van der Waals surface area contributed by atoms with E-state index in [0.717, 1.165) is 32.0 Å². The highest BCUT2D eigenvalue weighted by atomic mass is 19.4. The number of alkyl halides is 3. The summed E-state index contributed by atoms with van der Waals surface area (Å²) >= 11 is 0. The average molecular weight is 405 g/mol. The summed E-state index contributed by atoms with van der Waals surface area (Å²) in [7, 11) is 1.81. The van der Waals surface area contributed by atoms with Gasteiger partial charge in [-0.2, -0.15) is 0 Å². The molecule has 1 saturated heterocycles. The van der Waals surface area contributed by atoms with Crippen LogP contribution in [-0.2, 0) is 7.05 Å².